The zero-order valence-corrected chi connectivity index (χ0v) is 22.9. The zero-order chi connectivity index (χ0) is 32.1. The third-order valence-electron chi connectivity index (χ3n) is 8.58. The SMILES string of the molecule is [2H]C([2H])(Oc1nc(N2C[C@H]3CC[C@@H](C2)N3)c2cnc(-c3cc(O)cc(Cl)c3C(F)(F)F)c(F)c2n1)[C@@]12CCCN1C[C@]([2H])(F)C2. The number of hydrogen-bond acceptors (Lipinski definition) is 8. The van der Waals surface area contributed by atoms with E-state index >= 15 is 4.39 Å². The van der Waals surface area contributed by atoms with Gasteiger partial charge in [-0.2, -0.15) is 23.1 Å². The maximum atomic E-state index is 16.4. The Morgan fingerprint density at radius 1 is 1.21 bits per heavy atom. The van der Waals surface area contributed by atoms with Gasteiger partial charge in [0.2, 0.25) is 0 Å². The van der Waals surface area contributed by atoms with E-state index in [2.05, 4.69) is 20.3 Å². The minimum Gasteiger partial charge on any atom is -0.508 e. The minimum atomic E-state index is -5.03. The summed E-state index contributed by atoms with van der Waals surface area (Å²) in [4.78, 5) is 16.0. The first kappa shape index (κ1) is 24.4. The summed E-state index contributed by atoms with van der Waals surface area (Å²) >= 11 is 5.85. The predicted molar refractivity (Wildman–Crippen MR) is 145 cm³/mol. The molecule has 2 aromatic heterocycles. The molecule has 1 aromatic carbocycles. The first-order valence-corrected chi connectivity index (χ1v) is 14.1. The molecule has 42 heavy (non-hydrogen) atoms. The molecule has 0 unspecified atom stereocenters. The van der Waals surface area contributed by atoms with Gasteiger partial charge < -0.3 is 20.1 Å². The third-order valence-corrected chi connectivity index (χ3v) is 8.87. The van der Waals surface area contributed by atoms with Crippen molar-refractivity contribution in [1.29, 1.82) is 0 Å². The van der Waals surface area contributed by atoms with Crippen LogP contribution in [0.1, 0.15) is 41.8 Å². The van der Waals surface area contributed by atoms with E-state index in [1.165, 1.54) is 0 Å². The number of nitrogens with zero attached hydrogens (tertiary/aromatic N) is 5. The summed E-state index contributed by atoms with van der Waals surface area (Å²) in [6.45, 7) is -1.65. The van der Waals surface area contributed by atoms with E-state index in [0.29, 0.717) is 38.2 Å². The van der Waals surface area contributed by atoms with Gasteiger partial charge in [-0.15, -0.1) is 0 Å². The van der Waals surface area contributed by atoms with Crippen molar-refractivity contribution in [2.24, 2.45) is 0 Å². The Hall–Kier alpha value is -3.03. The molecule has 4 saturated heterocycles. The number of phenolic OH excluding ortho intramolecular Hbond substituents is 1. The molecule has 0 amide bonds. The van der Waals surface area contributed by atoms with Gasteiger partial charge in [-0.1, -0.05) is 11.6 Å². The van der Waals surface area contributed by atoms with E-state index in [-0.39, 0.29) is 36.3 Å². The van der Waals surface area contributed by atoms with Crippen LogP contribution in [0.5, 0.6) is 11.8 Å². The molecule has 3 aromatic rings. The van der Waals surface area contributed by atoms with Gasteiger partial charge in [0.05, 0.1) is 25.6 Å². The number of piperazine rings is 1. The maximum Gasteiger partial charge on any atom is 0.418 e. The molecule has 0 spiro atoms. The summed E-state index contributed by atoms with van der Waals surface area (Å²) < 4.78 is 105. The molecule has 8 nitrogen and oxygen atoms in total. The molecule has 224 valence electrons. The fraction of sp³-hybridized carbons (Fsp3) is 0.536. The van der Waals surface area contributed by atoms with Gasteiger partial charge in [0.15, 0.2) is 5.82 Å². The third kappa shape index (κ3) is 4.69. The van der Waals surface area contributed by atoms with Crippen molar-refractivity contribution in [1.82, 2.24) is 25.2 Å². The molecule has 4 aliphatic rings. The second-order valence-corrected chi connectivity index (χ2v) is 11.8. The lowest BCUT2D eigenvalue weighted by Gasteiger charge is -2.34. The van der Waals surface area contributed by atoms with Crippen molar-refractivity contribution in [2.45, 2.75) is 62.1 Å². The second kappa shape index (κ2) is 10.0. The Labute approximate surface area is 247 Å². The highest BCUT2D eigenvalue weighted by atomic mass is 35.5. The summed E-state index contributed by atoms with van der Waals surface area (Å²) in [7, 11) is 0. The Kier molecular flexibility index (Phi) is 5.82. The lowest BCUT2D eigenvalue weighted by molar-refractivity contribution is -0.137. The number of anilines is 1. The van der Waals surface area contributed by atoms with Crippen LogP contribution in [-0.2, 0) is 6.18 Å². The molecular formula is C28H28ClF5N6O2. The monoisotopic (exact) mass is 613 g/mol. The molecule has 2 N–H and O–H groups in total. The Bertz CT molecular complexity index is 1690. The number of nitrogens with one attached hydrogen (secondary N) is 1. The van der Waals surface area contributed by atoms with E-state index < -0.39 is 75.8 Å². The van der Waals surface area contributed by atoms with Gasteiger partial charge in [-0.3, -0.25) is 9.88 Å². The first-order valence-electron chi connectivity index (χ1n) is 15.2. The van der Waals surface area contributed by atoms with Crippen molar-refractivity contribution in [3.8, 4) is 23.0 Å². The lowest BCUT2D eigenvalue weighted by Crippen LogP contribution is -2.51. The van der Waals surface area contributed by atoms with Crippen LogP contribution in [-0.4, -0.2) is 81.5 Å². The molecular weight excluding hydrogens is 583 g/mol. The minimum absolute atomic E-state index is 0.0562. The molecule has 4 atom stereocenters. The number of alkyl halides is 4. The number of phenols is 1. The van der Waals surface area contributed by atoms with E-state index in [0.717, 1.165) is 19.0 Å². The Morgan fingerprint density at radius 2 is 1.98 bits per heavy atom. The van der Waals surface area contributed by atoms with E-state index in [1.54, 1.807) is 4.90 Å². The van der Waals surface area contributed by atoms with Crippen molar-refractivity contribution in [2.75, 3.05) is 37.6 Å². The van der Waals surface area contributed by atoms with Crippen LogP contribution in [0.3, 0.4) is 0 Å². The summed E-state index contributed by atoms with van der Waals surface area (Å²) in [5, 5.41) is 12.7. The van der Waals surface area contributed by atoms with Crippen LogP contribution in [0.15, 0.2) is 18.3 Å². The quantitative estimate of drug-likeness (QED) is 0.385. The number of hydrogen-bond donors (Lipinski definition) is 2. The van der Waals surface area contributed by atoms with Gasteiger partial charge in [0, 0.05) is 49.9 Å². The molecule has 0 saturated carbocycles. The average Bonchev–Trinajstić information content (AvgIpc) is 3.56. The summed E-state index contributed by atoms with van der Waals surface area (Å²) in [6.07, 6.45) is -4.23. The Balaban J connectivity index is 1.39. The summed E-state index contributed by atoms with van der Waals surface area (Å²) in [5.41, 5.74) is -4.99. The van der Waals surface area contributed by atoms with E-state index in [4.69, 9.17) is 20.5 Å². The largest absolute Gasteiger partial charge is 0.508 e. The number of aromatic hydroxyl groups is 1. The van der Waals surface area contributed by atoms with Gasteiger partial charge in [-0.05, 0) is 44.4 Å². The normalized spacial score (nSPS) is 30.8. The van der Waals surface area contributed by atoms with E-state index in [1.807, 2.05) is 4.90 Å². The highest BCUT2D eigenvalue weighted by molar-refractivity contribution is 6.32. The van der Waals surface area contributed by atoms with Crippen LogP contribution in [0.25, 0.3) is 22.2 Å². The van der Waals surface area contributed by atoms with Crippen LogP contribution in [0.2, 0.25) is 5.02 Å². The lowest BCUT2D eigenvalue weighted by atomic mass is 9.95. The van der Waals surface area contributed by atoms with Crippen LogP contribution < -0.4 is 15.0 Å². The van der Waals surface area contributed by atoms with Crippen LogP contribution in [0.4, 0.5) is 27.8 Å². The number of ether oxygens (including phenoxy) is 1. The number of benzene rings is 1. The van der Waals surface area contributed by atoms with Gasteiger partial charge >= 0.3 is 12.2 Å². The van der Waals surface area contributed by atoms with Crippen LogP contribution >= 0.6 is 11.6 Å². The molecule has 0 aliphatic carbocycles. The number of aromatic nitrogens is 3. The topological polar surface area (TPSA) is 86.6 Å². The fourth-order valence-electron chi connectivity index (χ4n) is 6.77. The summed E-state index contributed by atoms with van der Waals surface area (Å²) in [5.74, 6) is -1.78. The zero-order valence-electron chi connectivity index (χ0n) is 25.1. The van der Waals surface area contributed by atoms with Gasteiger partial charge in [0.1, 0.15) is 35.5 Å². The van der Waals surface area contributed by atoms with Gasteiger partial charge in [0.25, 0.3) is 0 Å². The van der Waals surface area contributed by atoms with Crippen molar-refractivity contribution < 1.29 is 35.9 Å². The van der Waals surface area contributed by atoms with E-state index in [9.17, 15) is 22.7 Å². The number of pyridine rings is 1. The fourth-order valence-corrected chi connectivity index (χ4v) is 7.09. The molecule has 4 fully saturated rings. The van der Waals surface area contributed by atoms with Crippen molar-refractivity contribution >= 4 is 28.3 Å². The highest BCUT2D eigenvalue weighted by Crippen LogP contribution is 2.45. The smallest absolute Gasteiger partial charge is 0.418 e. The number of halogens is 6. The highest BCUT2D eigenvalue weighted by Gasteiger charge is 2.49. The molecule has 14 heteroatoms. The van der Waals surface area contributed by atoms with Crippen molar-refractivity contribution in [3.05, 3.63) is 34.7 Å². The molecule has 6 heterocycles. The Morgan fingerprint density at radius 3 is 2.71 bits per heavy atom. The van der Waals surface area contributed by atoms with Gasteiger partial charge in [-0.25, -0.2) is 8.78 Å². The maximum absolute atomic E-state index is 16.4. The first-order chi connectivity index (χ1) is 21.1. The number of fused-ring (bicyclic) bond motifs is 4. The molecule has 2 bridgehead atoms. The standard InChI is InChI=1S/C28H28ClF5N6O2/c29-20-7-17(41)6-18(21(20)28(32,33)34)23-22(31)24-19(9-35-23)25(39-11-15-2-3-16(12-39)36-15)38-26(37-24)42-13-27-4-1-5-40(27)10-14(30)8-27/h6-7,9,14-16,36,41H,1-5,8,10-13H2/t14-,15-,16+,27+/m1/s1/i13D2,14D. The summed E-state index contributed by atoms with van der Waals surface area (Å²) in [6, 6.07) is 0.999. The molecule has 7 rings (SSSR count). The average molecular weight is 614 g/mol. The van der Waals surface area contributed by atoms with Crippen molar-refractivity contribution in [3.63, 3.8) is 0 Å². The molecule has 4 aliphatic heterocycles. The second-order valence-electron chi connectivity index (χ2n) is 11.4. The number of rotatable bonds is 5. The van der Waals surface area contributed by atoms with Crippen LogP contribution in [0, 0.1) is 5.82 Å². The predicted octanol–water partition coefficient (Wildman–Crippen LogP) is 5.10. The molecule has 0 radical (unpaired) electrons.